The largest absolute Gasteiger partial charge is 0.423 e. The summed E-state index contributed by atoms with van der Waals surface area (Å²) in [5.41, 5.74) is 12.9. The molecule has 0 heterocycles. The molecule has 0 aliphatic heterocycles. The van der Waals surface area contributed by atoms with Crippen LogP contribution < -0.4 is 19.4 Å². The highest BCUT2D eigenvalue weighted by atomic mass is 17.2. The summed E-state index contributed by atoms with van der Waals surface area (Å²) in [7, 11) is 8.16. The number of fused-ring (bicyclic) bond motifs is 4. The van der Waals surface area contributed by atoms with Crippen LogP contribution in [0.3, 0.4) is 0 Å². The second-order valence-corrected chi connectivity index (χ2v) is 18.4. The monoisotopic (exact) mass is 808 g/mol. The number of hydrogen-bond acceptors (Lipinski definition) is 6. The number of ether oxygens (including phenoxy) is 1. The minimum atomic E-state index is -0.377. The van der Waals surface area contributed by atoms with Crippen molar-refractivity contribution in [3.63, 3.8) is 0 Å². The van der Waals surface area contributed by atoms with Crippen LogP contribution in [0.25, 0.3) is 24.3 Å². The van der Waals surface area contributed by atoms with Gasteiger partial charge in [-0.25, -0.2) is 4.79 Å². The number of carbonyl (C=O) groups is 1. The van der Waals surface area contributed by atoms with Crippen molar-refractivity contribution in [2.24, 2.45) is 0 Å². The zero-order valence-corrected chi connectivity index (χ0v) is 36.7. The highest BCUT2D eigenvalue weighted by Crippen LogP contribution is 2.63. The van der Waals surface area contributed by atoms with Crippen LogP contribution in [0.1, 0.15) is 101 Å². The predicted molar refractivity (Wildman–Crippen MR) is 252 cm³/mol. The van der Waals surface area contributed by atoms with Gasteiger partial charge in [-0.1, -0.05) is 125 Å². The van der Waals surface area contributed by atoms with E-state index in [0.29, 0.717) is 23.7 Å². The van der Waals surface area contributed by atoms with Crippen LogP contribution in [0.15, 0.2) is 133 Å². The molecule has 1 atom stereocenters. The lowest BCUT2D eigenvalue weighted by molar-refractivity contribution is -0.217. The standard InChI is InChI=1S/C55H56N2O4/c1-53(2)36-55(50-33-46(29-31-48(50)53)60-52(58)43-23-17-39(18-24-43)10-12-41-21-27-45(28-22-41)57(7)8)37-54(3,4)49-32-30-47(34-51(49)55)61-59-35-42-15-13-38(14-16-42)9-11-40-19-25-44(26-20-40)56(5)6/h9-34H,35-37H2,1-8H3. The molecule has 310 valence electrons. The van der Waals surface area contributed by atoms with E-state index in [0.717, 1.165) is 46.3 Å². The van der Waals surface area contributed by atoms with Crippen LogP contribution in [-0.2, 0) is 27.7 Å². The van der Waals surface area contributed by atoms with Gasteiger partial charge in [0.05, 0.1) is 5.56 Å². The number of benzene rings is 6. The summed E-state index contributed by atoms with van der Waals surface area (Å²) in [4.78, 5) is 29.6. The Hall–Kier alpha value is -6.37. The minimum Gasteiger partial charge on any atom is -0.423 e. The molecule has 6 heteroatoms. The van der Waals surface area contributed by atoms with Gasteiger partial charge in [0, 0.05) is 45.0 Å². The number of esters is 1. The van der Waals surface area contributed by atoms with E-state index < -0.39 is 0 Å². The van der Waals surface area contributed by atoms with Gasteiger partial charge in [0.2, 0.25) is 0 Å². The van der Waals surface area contributed by atoms with Gasteiger partial charge in [-0.15, -0.1) is 0 Å². The van der Waals surface area contributed by atoms with Gasteiger partial charge in [-0.2, -0.15) is 4.89 Å². The lowest BCUT2D eigenvalue weighted by atomic mass is 9.72. The molecule has 0 aromatic heterocycles. The lowest BCUT2D eigenvalue weighted by Gasteiger charge is -2.30. The van der Waals surface area contributed by atoms with Gasteiger partial charge >= 0.3 is 5.97 Å². The smallest absolute Gasteiger partial charge is 0.343 e. The minimum absolute atomic E-state index is 0.0726. The molecule has 2 aliphatic rings. The molecule has 1 unspecified atom stereocenters. The average molecular weight is 809 g/mol. The Labute approximate surface area is 361 Å². The first-order valence-corrected chi connectivity index (χ1v) is 21.1. The van der Waals surface area contributed by atoms with Crippen molar-refractivity contribution in [2.45, 2.75) is 63.4 Å². The summed E-state index contributed by atoms with van der Waals surface area (Å²) in [6.07, 6.45) is 10.2. The van der Waals surface area contributed by atoms with Crippen molar-refractivity contribution in [1.82, 2.24) is 0 Å². The second kappa shape index (κ2) is 16.6. The third-order valence-corrected chi connectivity index (χ3v) is 12.4. The quantitative estimate of drug-likeness (QED) is 0.0403. The molecule has 0 amide bonds. The van der Waals surface area contributed by atoms with Crippen molar-refractivity contribution in [2.75, 3.05) is 38.0 Å². The first-order chi connectivity index (χ1) is 29.2. The van der Waals surface area contributed by atoms with E-state index in [1.807, 2.05) is 64.6 Å². The molecule has 0 fully saturated rings. The summed E-state index contributed by atoms with van der Waals surface area (Å²) in [6.45, 7) is 9.61. The Morgan fingerprint density at radius 3 is 1.39 bits per heavy atom. The second-order valence-electron chi connectivity index (χ2n) is 18.4. The SMILES string of the molecule is CN(C)c1ccc(C=Cc2ccc(COOc3ccc4c(c3)C3(CC4(C)C)CC(C)(C)c4ccc(OC(=O)c5ccc(C=Cc6ccc(N(C)C)cc6)cc5)cc43)cc2)cc1. The Balaban J connectivity index is 0.949. The summed E-state index contributed by atoms with van der Waals surface area (Å²) < 4.78 is 6.10. The molecule has 0 N–H and O–H groups in total. The fourth-order valence-electron chi connectivity index (χ4n) is 9.36. The van der Waals surface area contributed by atoms with Gasteiger partial charge < -0.3 is 19.4 Å². The van der Waals surface area contributed by atoms with Crippen molar-refractivity contribution >= 4 is 41.6 Å². The molecular formula is C55H56N2O4. The summed E-state index contributed by atoms with van der Waals surface area (Å²) >= 11 is 0. The fourth-order valence-corrected chi connectivity index (χ4v) is 9.36. The highest BCUT2D eigenvalue weighted by molar-refractivity contribution is 5.91. The number of hydrogen-bond donors (Lipinski definition) is 0. The lowest BCUT2D eigenvalue weighted by Crippen LogP contribution is -2.27. The number of rotatable bonds is 12. The van der Waals surface area contributed by atoms with Gasteiger partial charge in [-0.05, 0) is 134 Å². The number of carbonyl (C=O) groups excluding carboxylic acids is 1. The van der Waals surface area contributed by atoms with Gasteiger partial charge in [0.1, 0.15) is 12.4 Å². The van der Waals surface area contributed by atoms with E-state index >= 15 is 0 Å². The summed E-state index contributed by atoms with van der Waals surface area (Å²) in [6, 6.07) is 45.4. The molecule has 8 rings (SSSR count). The predicted octanol–water partition coefficient (Wildman–Crippen LogP) is 12.5. The van der Waals surface area contributed by atoms with Gasteiger partial charge in [-0.3, -0.25) is 0 Å². The molecule has 1 spiro atoms. The normalized spacial score (nSPS) is 17.1. The van der Waals surface area contributed by atoms with Crippen LogP contribution in [0.4, 0.5) is 11.4 Å². The van der Waals surface area contributed by atoms with E-state index in [2.05, 4.69) is 159 Å². The molecule has 0 saturated carbocycles. The Morgan fingerprint density at radius 1 is 0.525 bits per heavy atom. The van der Waals surface area contributed by atoms with Gasteiger partial charge in [0.25, 0.3) is 0 Å². The summed E-state index contributed by atoms with van der Waals surface area (Å²) in [5.74, 6) is 0.844. The van der Waals surface area contributed by atoms with E-state index in [4.69, 9.17) is 14.5 Å². The van der Waals surface area contributed by atoms with Crippen LogP contribution in [-0.4, -0.2) is 34.2 Å². The third kappa shape index (κ3) is 8.78. The maximum atomic E-state index is 13.5. The fraction of sp³-hybridized carbons (Fsp3) is 0.255. The molecular weight excluding hydrogens is 753 g/mol. The Bertz CT molecular complexity index is 2580. The highest BCUT2D eigenvalue weighted by Gasteiger charge is 2.56. The van der Waals surface area contributed by atoms with Crippen LogP contribution in [0, 0.1) is 0 Å². The molecule has 0 bridgehead atoms. The molecule has 6 nitrogen and oxygen atoms in total. The maximum Gasteiger partial charge on any atom is 0.343 e. The van der Waals surface area contributed by atoms with Crippen molar-refractivity contribution in [1.29, 1.82) is 0 Å². The third-order valence-electron chi connectivity index (χ3n) is 12.4. The maximum absolute atomic E-state index is 13.5. The zero-order chi connectivity index (χ0) is 42.9. The average Bonchev–Trinajstić information content (AvgIpc) is 3.61. The van der Waals surface area contributed by atoms with Crippen LogP contribution >= 0.6 is 0 Å². The first kappa shape index (κ1) is 41.4. The van der Waals surface area contributed by atoms with Crippen LogP contribution in [0.5, 0.6) is 11.5 Å². The Morgan fingerprint density at radius 2 is 0.934 bits per heavy atom. The van der Waals surface area contributed by atoms with E-state index in [1.165, 1.54) is 27.9 Å². The van der Waals surface area contributed by atoms with Crippen molar-refractivity contribution in [3.8, 4) is 11.5 Å². The van der Waals surface area contributed by atoms with Crippen LogP contribution in [0.2, 0.25) is 0 Å². The molecule has 0 saturated heterocycles. The van der Waals surface area contributed by atoms with E-state index in [9.17, 15) is 4.79 Å². The van der Waals surface area contributed by atoms with Crippen molar-refractivity contribution < 1.29 is 19.3 Å². The summed E-state index contributed by atoms with van der Waals surface area (Å²) in [5, 5.41) is 0. The number of nitrogens with zero attached hydrogens (tertiary/aromatic N) is 2. The molecule has 61 heavy (non-hydrogen) atoms. The topological polar surface area (TPSA) is 51.2 Å². The Kier molecular flexibility index (Phi) is 11.2. The van der Waals surface area contributed by atoms with Crippen molar-refractivity contribution in [3.05, 3.63) is 189 Å². The first-order valence-electron chi connectivity index (χ1n) is 21.1. The molecule has 0 radical (unpaired) electrons. The zero-order valence-electron chi connectivity index (χ0n) is 36.7. The molecule has 6 aromatic rings. The molecule has 2 aliphatic carbocycles. The van der Waals surface area contributed by atoms with Gasteiger partial charge in [0.15, 0.2) is 5.75 Å². The number of anilines is 2. The van der Waals surface area contributed by atoms with E-state index in [1.54, 1.807) is 0 Å². The molecule has 6 aromatic carbocycles. The van der Waals surface area contributed by atoms with E-state index in [-0.39, 0.29) is 22.2 Å².